The van der Waals surface area contributed by atoms with Gasteiger partial charge in [0.1, 0.15) is 17.4 Å². The Bertz CT molecular complexity index is 1230. The third-order valence-corrected chi connectivity index (χ3v) is 9.51. The topological polar surface area (TPSA) is 99.6 Å². The van der Waals surface area contributed by atoms with Crippen LogP contribution in [-0.2, 0) is 19.1 Å². The number of nitrogens with zero attached hydrogens (tertiary/aromatic N) is 3. The summed E-state index contributed by atoms with van der Waals surface area (Å²) >= 11 is 0. The van der Waals surface area contributed by atoms with Crippen molar-refractivity contribution in [1.82, 2.24) is 9.80 Å². The lowest BCUT2D eigenvalue weighted by Crippen LogP contribution is -2.60. The number of hydrogen-bond acceptors (Lipinski definition) is 6. The van der Waals surface area contributed by atoms with Gasteiger partial charge in [-0.25, -0.2) is 0 Å². The molecule has 44 heavy (non-hydrogen) atoms. The Morgan fingerprint density at radius 2 is 1.73 bits per heavy atom. The summed E-state index contributed by atoms with van der Waals surface area (Å²) in [4.78, 5) is 48.8. The molecule has 2 bridgehead atoms. The van der Waals surface area contributed by atoms with Crippen molar-refractivity contribution < 1.29 is 29.0 Å². The lowest BCUT2D eigenvalue weighted by molar-refractivity contribution is -0.154. The Morgan fingerprint density at radius 3 is 2.32 bits per heavy atom. The molecule has 3 fully saturated rings. The van der Waals surface area contributed by atoms with E-state index >= 15 is 0 Å². The summed E-state index contributed by atoms with van der Waals surface area (Å²) in [5.74, 6) is -1.39. The van der Waals surface area contributed by atoms with Crippen molar-refractivity contribution in [3.8, 4) is 5.75 Å². The van der Waals surface area contributed by atoms with Crippen LogP contribution in [0.4, 0.5) is 5.69 Å². The minimum atomic E-state index is -1.10. The molecule has 0 saturated carbocycles. The van der Waals surface area contributed by atoms with Crippen LogP contribution in [0.2, 0.25) is 0 Å². The molecular formula is C35H51N3O6. The highest BCUT2D eigenvalue weighted by Gasteiger charge is 2.78. The molecule has 5 atom stereocenters. The van der Waals surface area contributed by atoms with Crippen LogP contribution in [0.5, 0.6) is 5.75 Å². The van der Waals surface area contributed by atoms with Gasteiger partial charge in [0, 0.05) is 37.5 Å². The number of rotatable bonds is 15. The fraction of sp³-hybridized carbons (Fsp3) is 0.629. The first-order chi connectivity index (χ1) is 20.9. The number of fused-ring (bicyclic) bond motifs is 1. The summed E-state index contributed by atoms with van der Waals surface area (Å²) in [5, 5.41) is 9.22. The summed E-state index contributed by atoms with van der Waals surface area (Å²) in [7, 11) is 0. The maximum atomic E-state index is 14.6. The lowest BCUT2D eigenvalue weighted by Gasteiger charge is -2.42. The van der Waals surface area contributed by atoms with E-state index in [9.17, 15) is 19.5 Å². The summed E-state index contributed by atoms with van der Waals surface area (Å²) in [6, 6.07) is 6.51. The number of likely N-dealkylation sites (tertiary alicyclic amines) is 1. The number of unbranched alkanes of at least 4 members (excludes halogenated alkanes) is 3. The van der Waals surface area contributed by atoms with Crippen LogP contribution < -0.4 is 9.64 Å². The third-order valence-electron chi connectivity index (χ3n) is 9.51. The fourth-order valence-electron chi connectivity index (χ4n) is 7.55. The second kappa shape index (κ2) is 13.4. The van der Waals surface area contributed by atoms with Crippen molar-refractivity contribution in [2.75, 3.05) is 37.7 Å². The lowest BCUT2D eigenvalue weighted by atomic mass is 9.66. The first-order valence-electron chi connectivity index (χ1n) is 16.1. The average Bonchev–Trinajstić information content (AvgIpc) is 3.54. The van der Waals surface area contributed by atoms with Crippen LogP contribution in [0.15, 0.2) is 49.6 Å². The van der Waals surface area contributed by atoms with E-state index in [-0.39, 0.29) is 30.9 Å². The van der Waals surface area contributed by atoms with Crippen molar-refractivity contribution in [3.05, 3.63) is 49.6 Å². The zero-order valence-electron chi connectivity index (χ0n) is 27.2. The molecular weight excluding hydrogens is 558 g/mol. The van der Waals surface area contributed by atoms with Crippen LogP contribution in [0.3, 0.4) is 0 Å². The van der Waals surface area contributed by atoms with Gasteiger partial charge in [0.05, 0.1) is 24.0 Å². The molecule has 4 rings (SSSR count). The highest BCUT2D eigenvalue weighted by Crippen LogP contribution is 2.63. The second-order valence-electron chi connectivity index (χ2n) is 13.5. The predicted octanol–water partition coefficient (Wildman–Crippen LogP) is 4.73. The standard InChI is InChI=1S/C35H51N3O6/c1-8-21-36(25-15-17-26(18-16-25)43-10-3)30(40)27-28-31(41)37(23-13-11-12-14-24-39)29(35(28)20-19-34(27,7)44-35)32(42)38(22-9-2)33(4,5)6/h8-9,15-18,27-29,39H,1-2,10-14,19-24H2,3-7H3/t27-,28+,29?,34+,35?/m1/s1. The molecule has 3 aliphatic heterocycles. The molecule has 9 nitrogen and oxygen atoms in total. The molecule has 1 aromatic carbocycles. The van der Waals surface area contributed by atoms with Crippen molar-refractivity contribution in [2.45, 2.75) is 95.9 Å². The van der Waals surface area contributed by atoms with E-state index in [0.717, 1.165) is 12.8 Å². The largest absolute Gasteiger partial charge is 0.494 e. The third kappa shape index (κ3) is 6.05. The molecule has 3 aliphatic rings. The molecule has 1 N–H and O–H groups in total. The second-order valence-corrected chi connectivity index (χ2v) is 13.5. The maximum Gasteiger partial charge on any atom is 0.249 e. The number of carbonyl (C=O) groups excluding carboxylic acids is 3. The van der Waals surface area contributed by atoms with Gasteiger partial charge in [0.15, 0.2) is 0 Å². The quantitative estimate of drug-likeness (QED) is 0.228. The van der Waals surface area contributed by atoms with Crippen molar-refractivity contribution in [3.63, 3.8) is 0 Å². The van der Waals surface area contributed by atoms with Crippen LogP contribution in [0.25, 0.3) is 0 Å². The molecule has 2 unspecified atom stereocenters. The summed E-state index contributed by atoms with van der Waals surface area (Å²) in [6.07, 6.45) is 7.54. The number of amides is 3. The van der Waals surface area contributed by atoms with Gasteiger partial charge in [0.25, 0.3) is 0 Å². The van der Waals surface area contributed by atoms with E-state index in [1.165, 1.54) is 0 Å². The summed E-state index contributed by atoms with van der Waals surface area (Å²) < 4.78 is 12.5. The zero-order valence-corrected chi connectivity index (χ0v) is 27.2. The fourth-order valence-corrected chi connectivity index (χ4v) is 7.55. The molecule has 0 aromatic heterocycles. The van der Waals surface area contributed by atoms with Gasteiger partial charge in [-0.05, 0) is 84.6 Å². The van der Waals surface area contributed by atoms with Gasteiger partial charge in [-0.2, -0.15) is 0 Å². The first-order valence-corrected chi connectivity index (χ1v) is 16.1. The van der Waals surface area contributed by atoms with Gasteiger partial charge in [-0.3, -0.25) is 14.4 Å². The van der Waals surface area contributed by atoms with Crippen LogP contribution >= 0.6 is 0 Å². The molecule has 0 aliphatic carbocycles. The van der Waals surface area contributed by atoms with Gasteiger partial charge in [-0.1, -0.05) is 25.0 Å². The Kier molecular flexibility index (Phi) is 10.3. The smallest absolute Gasteiger partial charge is 0.249 e. The highest BCUT2D eigenvalue weighted by atomic mass is 16.5. The van der Waals surface area contributed by atoms with Crippen LogP contribution in [0, 0.1) is 11.8 Å². The number of ether oxygens (including phenoxy) is 2. The van der Waals surface area contributed by atoms with E-state index in [1.54, 1.807) is 26.9 Å². The molecule has 1 spiro atoms. The van der Waals surface area contributed by atoms with Gasteiger partial charge < -0.3 is 29.3 Å². The van der Waals surface area contributed by atoms with Crippen molar-refractivity contribution in [2.24, 2.45) is 11.8 Å². The number of anilines is 1. The molecule has 0 radical (unpaired) electrons. The Hall–Kier alpha value is -3.17. The Morgan fingerprint density at radius 1 is 1.07 bits per heavy atom. The van der Waals surface area contributed by atoms with E-state index < -0.39 is 34.6 Å². The Balaban J connectivity index is 1.74. The number of aliphatic hydroxyl groups is 1. The average molecular weight is 610 g/mol. The Labute approximate surface area is 262 Å². The maximum absolute atomic E-state index is 14.6. The van der Waals surface area contributed by atoms with Crippen molar-refractivity contribution >= 4 is 23.4 Å². The monoisotopic (exact) mass is 609 g/mol. The summed E-state index contributed by atoms with van der Waals surface area (Å²) in [6.45, 7) is 19.2. The van der Waals surface area contributed by atoms with E-state index in [0.29, 0.717) is 56.8 Å². The molecule has 3 saturated heterocycles. The summed E-state index contributed by atoms with van der Waals surface area (Å²) in [5.41, 5.74) is -1.82. The van der Waals surface area contributed by atoms with Crippen LogP contribution in [0.1, 0.15) is 73.1 Å². The normalized spacial score (nSPS) is 27.3. The highest BCUT2D eigenvalue weighted by molar-refractivity contribution is 6.03. The molecule has 3 amide bonds. The minimum Gasteiger partial charge on any atom is -0.494 e. The van der Waals surface area contributed by atoms with E-state index in [1.807, 2.05) is 58.9 Å². The number of aliphatic hydroxyl groups excluding tert-OH is 1. The van der Waals surface area contributed by atoms with Crippen LogP contribution in [-0.4, -0.2) is 88.3 Å². The molecule has 1 aromatic rings. The van der Waals surface area contributed by atoms with Gasteiger partial charge >= 0.3 is 0 Å². The first kappa shape index (κ1) is 33.7. The number of hydrogen-bond donors (Lipinski definition) is 1. The molecule has 9 heteroatoms. The minimum absolute atomic E-state index is 0.128. The molecule has 242 valence electrons. The number of carbonyl (C=O) groups is 3. The van der Waals surface area contributed by atoms with E-state index in [2.05, 4.69) is 13.2 Å². The SMILES string of the molecule is C=CCN(C(=O)[C@H]1[C@H]2C(=O)N(CCCCCCO)C(C(=O)N(CC=C)C(C)(C)C)C23CC[C@]1(C)O3)c1ccc(OCC)cc1. The number of benzene rings is 1. The predicted molar refractivity (Wildman–Crippen MR) is 171 cm³/mol. The van der Waals surface area contributed by atoms with Gasteiger partial charge in [-0.15, -0.1) is 13.2 Å². The van der Waals surface area contributed by atoms with Crippen molar-refractivity contribution in [1.29, 1.82) is 0 Å². The van der Waals surface area contributed by atoms with E-state index in [4.69, 9.17) is 9.47 Å². The zero-order chi connectivity index (χ0) is 32.3. The van der Waals surface area contributed by atoms with Gasteiger partial charge in [0.2, 0.25) is 17.7 Å². The molecule has 3 heterocycles.